The molecule has 1 heterocycles. The Bertz CT molecular complexity index is 799. The number of aromatic nitrogens is 2. The Morgan fingerprint density at radius 2 is 1.85 bits per heavy atom. The second-order valence-electron chi connectivity index (χ2n) is 4.34. The van der Waals surface area contributed by atoms with E-state index in [0.29, 0.717) is 27.6 Å². The van der Waals surface area contributed by atoms with Crippen LogP contribution in [0.15, 0.2) is 36.7 Å². The summed E-state index contributed by atoms with van der Waals surface area (Å²) in [7, 11) is 0. The van der Waals surface area contributed by atoms with Crippen LogP contribution in [0.25, 0.3) is 11.0 Å². The molecule has 0 saturated heterocycles. The van der Waals surface area contributed by atoms with Gasteiger partial charge in [0, 0.05) is 12.1 Å². The fourth-order valence-electron chi connectivity index (χ4n) is 2.03. The lowest BCUT2D eigenvalue weighted by molar-refractivity contribution is 0.510. The Kier molecular flexibility index (Phi) is 3.36. The number of rotatable bonds is 2. The largest absolute Gasteiger partial charge is 0.326 e. The van der Waals surface area contributed by atoms with Crippen LogP contribution in [-0.4, -0.2) is 9.55 Å². The maximum Gasteiger partial charge on any atom is 0.161 e. The van der Waals surface area contributed by atoms with E-state index in [2.05, 4.69) is 4.98 Å². The summed E-state index contributed by atoms with van der Waals surface area (Å²) in [6.07, 6.45) is 1.51. The number of nitrogens with zero attached hydrogens (tertiary/aromatic N) is 2. The summed E-state index contributed by atoms with van der Waals surface area (Å²) < 4.78 is 28.2. The zero-order chi connectivity index (χ0) is 14.3. The summed E-state index contributed by atoms with van der Waals surface area (Å²) >= 11 is 12.1. The van der Waals surface area contributed by atoms with Crippen molar-refractivity contribution in [1.29, 1.82) is 0 Å². The highest BCUT2D eigenvalue weighted by molar-refractivity contribution is 6.42. The molecule has 1 aromatic heterocycles. The molecule has 20 heavy (non-hydrogen) atoms. The van der Waals surface area contributed by atoms with E-state index in [0.717, 1.165) is 17.7 Å². The average Bonchev–Trinajstić information content (AvgIpc) is 2.78. The Balaban J connectivity index is 2.07. The van der Waals surface area contributed by atoms with Gasteiger partial charge in [-0.3, -0.25) is 0 Å². The predicted molar refractivity (Wildman–Crippen MR) is 75.2 cm³/mol. The van der Waals surface area contributed by atoms with Gasteiger partial charge in [0.15, 0.2) is 11.6 Å². The molecule has 3 aromatic rings. The number of fused-ring (bicyclic) bond motifs is 1. The van der Waals surface area contributed by atoms with Crippen molar-refractivity contribution in [2.45, 2.75) is 6.54 Å². The first-order valence-corrected chi connectivity index (χ1v) is 6.54. The third kappa shape index (κ3) is 2.25. The lowest BCUT2D eigenvalue weighted by atomic mass is 10.2. The summed E-state index contributed by atoms with van der Waals surface area (Å²) in [4.78, 5) is 4.05. The molecule has 2 nitrogen and oxygen atoms in total. The molecule has 0 aliphatic heterocycles. The number of halogens is 4. The third-order valence-corrected chi connectivity index (χ3v) is 3.89. The Morgan fingerprint density at radius 1 is 1.10 bits per heavy atom. The SMILES string of the molecule is Fc1cc2ncn(Cc3cccc(Cl)c3Cl)c2cc1F. The first-order valence-electron chi connectivity index (χ1n) is 5.79. The molecule has 0 N–H and O–H groups in total. The summed E-state index contributed by atoms with van der Waals surface area (Å²) in [5.74, 6) is -1.82. The second kappa shape index (κ2) is 5.04. The van der Waals surface area contributed by atoms with Crippen LogP contribution >= 0.6 is 23.2 Å². The van der Waals surface area contributed by atoms with Crippen molar-refractivity contribution in [1.82, 2.24) is 9.55 Å². The molecule has 102 valence electrons. The van der Waals surface area contributed by atoms with Gasteiger partial charge in [-0.1, -0.05) is 35.3 Å². The van der Waals surface area contributed by atoms with Gasteiger partial charge in [-0.2, -0.15) is 0 Å². The quantitative estimate of drug-likeness (QED) is 0.672. The van der Waals surface area contributed by atoms with Crippen LogP contribution in [-0.2, 0) is 6.54 Å². The van der Waals surface area contributed by atoms with E-state index in [-0.39, 0.29) is 0 Å². The molecule has 0 aliphatic carbocycles. The maximum atomic E-state index is 13.3. The van der Waals surface area contributed by atoms with Crippen LogP contribution in [0.1, 0.15) is 5.56 Å². The van der Waals surface area contributed by atoms with Gasteiger partial charge in [0.05, 0.1) is 34.0 Å². The maximum absolute atomic E-state index is 13.3. The Hall–Kier alpha value is -1.65. The van der Waals surface area contributed by atoms with Gasteiger partial charge in [-0.05, 0) is 11.6 Å². The molecular weight excluding hydrogens is 305 g/mol. The molecule has 0 atom stereocenters. The van der Waals surface area contributed by atoms with E-state index < -0.39 is 11.6 Å². The van der Waals surface area contributed by atoms with Crippen molar-refractivity contribution in [3.8, 4) is 0 Å². The van der Waals surface area contributed by atoms with Gasteiger partial charge >= 0.3 is 0 Å². The second-order valence-corrected chi connectivity index (χ2v) is 5.13. The molecule has 0 aliphatic rings. The highest BCUT2D eigenvalue weighted by atomic mass is 35.5. The van der Waals surface area contributed by atoms with Gasteiger partial charge in [0.25, 0.3) is 0 Å². The molecule has 0 unspecified atom stereocenters. The van der Waals surface area contributed by atoms with Gasteiger partial charge < -0.3 is 4.57 Å². The Morgan fingerprint density at radius 3 is 2.65 bits per heavy atom. The highest BCUT2D eigenvalue weighted by Gasteiger charge is 2.11. The molecule has 0 amide bonds. The summed E-state index contributed by atoms with van der Waals surface area (Å²) in [5.41, 5.74) is 1.67. The fraction of sp³-hybridized carbons (Fsp3) is 0.0714. The van der Waals surface area contributed by atoms with Crippen LogP contribution in [0.4, 0.5) is 8.78 Å². The lowest BCUT2D eigenvalue weighted by Crippen LogP contribution is -1.99. The number of hydrogen-bond donors (Lipinski definition) is 0. The van der Waals surface area contributed by atoms with Crippen molar-refractivity contribution in [2.24, 2.45) is 0 Å². The Labute approximate surface area is 123 Å². The zero-order valence-corrected chi connectivity index (χ0v) is 11.6. The summed E-state index contributed by atoms with van der Waals surface area (Å²) in [5, 5.41) is 0.893. The predicted octanol–water partition coefficient (Wildman–Crippen LogP) is 4.67. The van der Waals surface area contributed by atoms with Crippen molar-refractivity contribution in [2.75, 3.05) is 0 Å². The summed E-state index contributed by atoms with van der Waals surface area (Å²) in [6.45, 7) is 0.376. The van der Waals surface area contributed by atoms with Crippen LogP contribution in [0, 0.1) is 11.6 Å². The van der Waals surface area contributed by atoms with Crippen molar-refractivity contribution in [3.63, 3.8) is 0 Å². The van der Waals surface area contributed by atoms with Crippen molar-refractivity contribution in [3.05, 3.63) is 63.9 Å². The van der Waals surface area contributed by atoms with E-state index in [9.17, 15) is 8.78 Å². The molecule has 0 saturated carbocycles. The first-order chi connectivity index (χ1) is 9.56. The topological polar surface area (TPSA) is 17.8 Å². The summed E-state index contributed by atoms with van der Waals surface area (Å²) in [6, 6.07) is 7.48. The van der Waals surface area contributed by atoms with Gasteiger partial charge in [-0.25, -0.2) is 13.8 Å². The molecule has 0 fully saturated rings. The highest BCUT2D eigenvalue weighted by Crippen LogP contribution is 2.27. The van der Waals surface area contributed by atoms with Crippen LogP contribution in [0.3, 0.4) is 0 Å². The van der Waals surface area contributed by atoms with E-state index in [1.54, 1.807) is 16.7 Å². The van der Waals surface area contributed by atoms with E-state index in [4.69, 9.17) is 23.2 Å². The number of imidazole rings is 1. The minimum Gasteiger partial charge on any atom is -0.326 e. The zero-order valence-electron chi connectivity index (χ0n) is 10.1. The monoisotopic (exact) mass is 312 g/mol. The lowest BCUT2D eigenvalue weighted by Gasteiger charge is -2.08. The standard InChI is InChI=1S/C14H8Cl2F2N2/c15-9-3-1-2-8(14(9)16)6-20-7-19-12-4-10(17)11(18)5-13(12)20/h1-5,7H,6H2. The van der Waals surface area contributed by atoms with Crippen molar-refractivity contribution < 1.29 is 8.78 Å². The first kappa shape index (κ1) is 13.3. The van der Waals surface area contributed by atoms with Gasteiger partial charge in [-0.15, -0.1) is 0 Å². The minimum absolute atomic E-state index is 0.376. The number of hydrogen-bond acceptors (Lipinski definition) is 1. The molecular formula is C14H8Cl2F2N2. The molecule has 0 radical (unpaired) electrons. The van der Waals surface area contributed by atoms with E-state index in [1.165, 1.54) is 6.33 Å². The average molecular weight is 313 g/mol. The minimum atomic E-state index is -0.913. The van der Waals surface area contributed by atoms with E-state index >= 15 is 0 Å². The molecule has 0 spiro atoms. The molecule has 6 heteroatoms. The van der Waals surface area contributed by atoms with Crippen LogP contribution in [0.2, 0.25) is 10.0 Å². The van der Waals surface area contributed by atoms with E-state index in [1.807, 2.05) is 6.07 Å². The molecule has 0 bridgehead atoms. The van der Waals surface area contributed by atoms with Crippen LogP contribution < -0.4 is 0 Å². The van der Waals surface area contributed by atoms with Gasteiger partial charge in [0.2, 0.25) is 0 Å². The van der Waals surface area contributed by atoms with Gasteiger partial charge in [0.1, 0.15) is 0 Å². The normalized spacial score (nSPS) is 11.2. The smallest absolute Gasteiger partial charge is 0.161 e. The number of benzene rings is 2. The van der Waals surface area contributed by atoms with Crippen LogP contribution in [0.5, 0.6) is 0 Å². The molecule has 3 rings (SSSR count). The molecule has 2 aromatic carbocycles. The fourth-order valence-corrected chi connectivity index (χ4v) is 2.41. The third-order valence-electron chi connectivity index (χ3n) is 3.04. The van der Waals surface area contributed by atoms with Crippen molar-refractivity contribution >= 4 is 34.2 Å².